The summed E-state index contributed by atoms with van der Waals surface area (Å²) in [6.45, 7) is 2.02. The van der Waals surface area contributed by atoms with E-state index in [1.807, 2.05) is 19.1 Å². The van der Waals surface area contributed by atoms with Crippen molar-refractivity contribution in [3.63, 3.8) is 0 Å². The third kappa shape index (κ3) is 3.28. The van der Waals surface area contributed by atoms with Gasteiger partial charge in [-0.2, -0.15) is 0 Å². The van der Waals surface area contributed by atoms with Crippen LogP contribution < -0.4 is 10.5 Å². The summed E-state index contributed by atoms with van der Waals surface area (Å²) >= 11 is 0. The molecule has 0 radical (unpaired) electrons. The minimum absolute atomic E-state index is 0.00599. The second kappa shape index (κ2) is 5.47. The zero-order valence-electron chi connectivity index (χ0n) is 12.7. The molecule has 0 aromatic heterocycles. The lowest BCUT2D eigenvalue weighted by atomic mass is 9.98. The molecular formula is C17H18N2O3S. The van der Waals surface area contributed by atoms with Gasteiger partial charge in [-0.3, -0.25) is 4.79 Å². The fourth-order valence-corrected chi connectivity index (χ4v) is 3.55. The molecule has 0 saturated carbocycles. The third-order valence-electron chi connectivity index (χ3n) is 4.14. The van der Waals surface area contributed by atoms with Crippen molar-refractivity contribution in [2.75, 3.05) is 0 Å². The van der Waals surface area contributed by atoms with Crippen LogP contribution in [0.4, 0.5) is 0 Å². The zero-order chi connectivity index (χ0) is 16.7. The van der Waals surface area contributed by atoms with Crippen LogP contribution in [0.3, 0.4) is 0 Å². The number of primary sulfonamides is 1. The van der Waals surface area contributed by atoms with E-state index in [2.05, 4.69) is 17.4 Å². The van der Waals surface area contributed by atoms with Crippen molar-refractivity contribution in [2.24, 2.45) is 5.14 Å². The molecule has 0 atom stereocenters. The molecule has 120 valence electrons. The van der Waals surface area contributed by atoms with Crippen molar-refractivity contribution in [3.8, 4) is 0 Å². The molecule has 0 fully saturated rings. The number of benzene rings is 2. The highest BCUT2D eigenvalue weighted by atomic mass is 32.2. The lowest BCUT2D eigenvalue weighted by Gasteiger charge is -2.25. The summed E-state index contributed by atoms with van der Waals surface area (Å²) in [5, 5.41) is 8.11. The van der Waals surface area contributed by atoms with E-state index in [0.717, 1.165) is 12.8 Å². The fourth-order valence-electron chi connectivity index (χ4n) is 3.04. The maximum atomic E-state index is 12.4. The molecule has 3 rings (SSSR count). The first-order valence-electron chi connectivity index (χ1n) is 7.29. The van der Waals surface area contributed by atoms with Gasteiger partial charge in [-0.1, -0.05) is 24.3 Å². The molecule has 5 nitrogen and oxygen atoms in total. The summed E-state index contributed by atoms with van der Waals surface area (Å²) in [5.74, 6) is -0.221. The van der Waals surface area contributed by atoms with E-state index in [1.54, 1.807) is 0 Å². The van der Waals surface area contributed by atoms with E-state index >= 15 is 0 Å². The van der Waals surface area contributed by atoms with Gasteiger partial charge >= 0.3 is 0 Å². The van der Waals surface area contributed by atoms with E-state index in [-0.39, 0.29) is 16.3 Å². The Kier molecular flexibility index (Phi) is 3.74. The standard InChI is InChI=1S/C17H18N2O3S/c1-17(10-13-4-2-3-5-14(13)11-17)19-16(20)12-6-8-15(9-7-12)23(18,21)22/h2-9H,10-11H2,1H3,(H,19,20)(H2,18,21,22). The quantitative estimate of drug-likeness (QED) is 0.896. The second-order valence-corrected chi connectivity index (χ2v) is 7.77. The van der Waals surface area contributed by atoms with E-state index in [1.165, 1.54) is 35.4 Å². The number of hydrogen-bond donors (Lipinski definition) is 2. The highest BCUT2D eigenvalue weighted by molar-refractivity contribution is 7.89. The topological polar surface area (TPSA) is 89.3 Å². The molecule has 1 aliphatic carbocycles. The van der Waals surface area contributed by atoms with Crippen LogP contribution in [0.5, 0.6) is 0 Å². The second-order valence-electron chi connectivity index (χ2n) is 6.21. The third-order valence-corrected chi connectivity index (χ3v) is 5.07. The summed E-state index contributed by atoms with van der Waals surface area (Å²) in [7, 11) is -3.75. The van der Waals surface area contributed by atoms with E-state index in [4.69, 9.17) is 5.14 Å². The van der Waals surface area contributed by atoms with Crippen LogP contribution in [0.25, 0.3) is 0 Å². The van der Waals surface area contributed by atoms with Crippen LogP contribution in [-0.4, -0.2) is 19.9 Å². The van der Waals surface area contributed by atoms with Crippen molar-refractivity contribution < 1.29 is 13.2 Å². The fraction of sp³-hybridized carbons (Fsp3) is 0.235. The molecule has 3 N–H and O–H groups in total. The van der Waals surface area contributed by atoms with Gasteiger partial charge in [-0.25, -0.2) is 13.6 Å². The average molecular weight is 330 g/mol. The number of fused-ring (bicyclic) bond motifs is 1. The van der Waals surface area contributed by atoms with Crippen molar-refractivity contribution in [1.82, 2.24) is 5.32 Å². The molecule has 0 heterocycles. The molecule has 0 bridgehead atoms. The Morgan fingerprint density at radius 2 is 1.57 bits per heavy atom. The summed E-state index contributed by atoms with van der Waals surface area (Å²) in [6, 6.07) is 13.8. The summed E-state index contributed by atoms with van der Waals surface area (Å²) in [4.78, 5) is 12.4. The van der Waals surface area contributed by atoms with Crippen LogP contribution >= 0.6 is 0 Å². The summed E-state index contributed by atoms with van der Waals surface area (Å²) in [6.07, 6.45) is 1.56. The largest absolute Gasteiger partial charge is 0.346 e. The number of hydrogen-bond acceptors (Lipinski definition) is 3. The van der Waals surface area contributed by atoms with E-state index in [0.29, 0.717) is 5.56 Å². The number of nitrogens with one attached hydrogen (secondary N) is 1. The summed E-state index contributed by atoms with van der Waals surface area (Å²) < 4.78 is 22.5. The number of carbonyl (C=O) groups is 1. The molecular weight excluding hydrogens is 312 g/mol. The Labute approximate surface area is 135 Å². The smallest absolute Gasteiger partial charge is 0.251 e. The summed E-state index contributed by atoms with van der Waals surface area (Å²) in [5.41, 5.74) is 2.58. The Balaban J connectivity index is 1.75. The molecule has 0 unspecified atom stereocenters. The van der Waals surface area contributed by atoms with Gasteiger partial charge in [0.2, 0.25) is 10.0 Å². The van der Waals surface area contributed by atoms with Gasteiger partial charge in [0.15, 0.2) is 0 Å². The predicted molar refractivity (Wildman–Crippen MR) is 87.5 cm³/mol. The Bertz CT molecular complexity index is 833. The van der Waals surface area contributed by atoms with Crippen molar-refractivity contribution in [3.05, 3.63) is 65.2 Å². The molecule has 0 saturated heterocycles. The van der Waals surface area contributed by atoms with Gasteiger partial charge in [0, 0.05) is 11.1 Å². The van der Waals surface area contributed by atoms with Gasteiger partial charge in [0.1, 0.15) is 0 Å². The van der Waals surface area contributed by atoms with Crippen molar-refractivity contribution >= 4 is 15.9 Å². The predicted octanol–water partition coefficient (Wildman–Crippen LogP) is 1.62. The molecule has 23 heavy (non-hydrogen) atoms. The highest BCUT2D eigenvalue weighted by Gasteiger charge is 2.34. The van der Waals surface area contributed by atoms with Crippen molar-refractivity contribution in [1.29, 1.82) is 0 Å². The van der Waals surface area contributed by atoms with Crippen molar-refractivity contribution in [2.45, 2.75) is 30.2 Å². The Hall–Kier alpha value is -2.18. The lowest BCUT2D eigenvalue weighted by molar-refractivity contribution is 0.0909. The number of nitrogens with two attached hydrogens (primary N) is 1. The first kappa shape index (κ1) is 15.7. The maximum Gasteiger partial charge on any atom is 0.251 e. The average Bonchev–Trinajstić information content (AvgIpc) is 2.82. The van der Waals surface area contributed by atoms with Gasteiger partial charge in [-0.15, -0.1) is 0 Å². The Morgan fingerprint density at radius 3 is 2.04 bits per heavy atom. The van der Waals surface area contributed by atoms with E-state index in [9.17, 15) is 13.2 Å². The number of sulfonamides is 1. The first-order valence-corrected chi connectivity index (χ1v) is 8.84. The highest BCUT2D eigenvalue weighted by Crippen LogP contribution is 2.29. The molecule has 2 aromatic carbocycles. The minimum Gasteiger partial charge on any atom is -0.346 e. The molecule has 1 amide bonds. The first-order chi connectivity index (χ1) is 10.8. The number of carbonyl (C=O) groups excluding carboxylic acids is 1. The van der Waals surface area contributed by atoms with Crippen LogP contribution in [0.15, 0.2) is 53.4 Å². The Morgan fingerprint density at radius 1 is 1.04 bits per heavy atom. The van der Waals surface area contributed by atoms with Crippen LogP contribution in [0, 0.1) is 0 Å². The molecule has 6 heteroatoms. The SMILES string of the molecule is CC1(NC(=O)c2ccc(S(N)(=O)=O)cc2)Cc2ccccc2C1. The van der Waals surface area contributed by atoms with Crippen LogP contribution in [-0.2, 0) is 22.9 Å². The van der Waals surface area contributed by atoms with Crippen LogP contribution in [0.2, 0.25) is 0 Å². The molecule has 0 spiro atoms. The van der Waals surface area contributed by atoms with Gasteiger partial charge in [0.25, 0.3) is 5.91 Å². The zero-order valence-corrected chi connectivity index (χ0v) is 13.6. The van der Waals surface area contributed by atoms with Gasteiger partial charge < -0.3 is 5.32 Å². The number of rotatable bonds is 3. The van der Waals surface area contributed by atoms with Gasteiger partial charge in [-0.05, 0) is 55.2 Å². The number of amides is 1. The maximum absolute atomic E-state index is 12.4. The van der Waals surface area contributed by atoms with Crippen LogP contribution in [0.1, 0.15) is 28.4 Å². The minimum atomic E-state index is -3.75. The lowest BCUT2D eigenvalue weighted by Crippen LogP contribution is -2.46. The molecule has 1 aliphatic rings. The normalized spacial score (nSPS) is 15.9. The van der Waals surface area contributed by atoms with E-state index < -0.39 is 10.0 Å². The van der Waals surface area contributed by atoms with Gasteiger partial charge in [0.05, 0.1) is 4.90 Å². The monoisotopic (exact) mass is 330 g/mol. The molecule has 2 aromatic rings. The molecule has 0 aliphatic heterocycles.